The first-order chi connectivity index (χ1) is 11.5. The molecule has 5 nitrogen and oxygen atoms in total. The Morgan fingerprint density at radius 3 is 2.42 bits per heavy atom. The van der Waals surface area contributed by atoms with Gasteiger partial charge in [0.2, 0.25) is 10.0 Å². The number of sulfonamides is 1. The molecule has 0 amide bonds. The third-order valence-electron chi connectivity index (χ3n) is 3.67. The van der Waals surface area contributed by atoms with Crippen molar-refractivity contribution in [3.8, 4) is 11.5 Å². The molecule has 130 valence electrons. The number of methoxy groups -OCH3 is 1. The standard InChI is InChI=1S/C18H23NO4S/c1-4-14-12-16(10-11-17(14)22-3)24(20,21)19-13-15-8-6-7-9-18(15)23-5-2/h6-12,19H,4-5,13H2,1-3H3. The van der Waals surface area contributed by atoms with Crippen molar-refractivity contribution < 1.29 is 17.9 Å². The van der Waals surface area contributed by atoms with Crippen molar-refractivity contribution in [1.82, 2.24) is 4.72 Å². The van der Waals surface area contributed by atoms with Crippen LogP contribution in [0.5, 0.6) is 11.5 Å². The number of aryl methyl sites for hydroxylation is 1. The van der Waals surface area contributed by atoms with E-state index in [4.69, 9.17) is 9.47 Å². The van der Waals surface area contributed by atoms with E-state index in [2.05, 4.69) is 4.72 Å². The quantitative estimate of drug-likeness (QED) is 0.795. The number of hydrogen-bond acceptors (Lipinski definition) is 4. The summed E-state index contributed by atoms with van der Waals surface area (Å²) in [5.41, 5.74) is 1.65. The maximum atomic E-state index is 12.5. The van der Waals surface area contributed by atoms with Crippen LogP contribution in [0.1, 0.15) is 25.0 Å². The van der Waals surface area contributed by atoms with Crippen LogP contribution in [0.2, 0.25) is 0 Å². The Hall–Kier alpha value is -2.05. The van der Waals surface area contributed by atoms with E-state index in [-0.39, 0.29) is 11.4 Å². The first kappa shape index (κ1) is 18.3. The summed E-state index contributed by atoms with van der Waals surface area (Å²) in [5.74, 6) is 1.38. The van der Waals surface area contributed by atoms with E-state index in [1.165, 1.54) is 0 Å². The fourth-order valence-corrected chi connectivity index (χ4v) is 3.46. The van der Waals surface area contributed by atoms with Gasteiger partial charge < -0.3 is 9.47 Å². The molecule has 0 aliphatic rings. The van der Waals surface area contributed by atoms with Crippen molar-refractivity contribution >= 4 is 10.0 Å². The third kappa shape index (κ3) is 4.27. The zero-order chi connectivity index (χ0) is 17.6. The van der Waals surface area contributed by atoms with Crippen molar-refractivity contribution in [2.45, 2.75) is 31.7 Å². The van der Waals surface area contributed by atoms with E-state index in [1.54, 1.807) is 25.3 Å². The van der Waals surface area contributed by atoms with Crippen molar-refractivity contribution in [3.05, 3.63) is 53.6 Å². The van der Waals surface area contributed by atoms with Crippen LogP contribution in [0.25, 0.3) is 0 Å². The number of hydrogen-bond donors (Lipinski definition) is 1. The number of nitrogens with one attached hydrogen (secondary N) is 1. The minimum atomic E-state index is -3.61. The first-order valence-electron chi connectivity index (χ1n) is 7.89. The largest absolute Gasteiger partial charge is 0.496 e. The molecule has 0 heterocycles. The molecule has 2 aromatic rings. The Kier molecular flexibility index (Phi) is 6.23. The van der Waals surface area contributed by atoms with Gasteiger partial charge in [-0.2, -0.15) is 0 Å². The van der Waals surface area contributed by atoms with Gasteiger partial charge in [-0.05, 0) is 43.2 Å². The minimum absolute atomic E-state index is 0.173. The zero-order valence-corrected chi connectivity index (χ0v) is 15.0. The van der Waals surface area contributed by atoms with E-state index < -0.39 is 10.0 Å². The van der Waals surface area contributed by atoms with Gasteiger partial charge in [-0.3, -0.25) is 0 Å². The molecule has 0 spiro atoms. The van der Waals surface area contributed by atoms with Crippen LogP contribution in [0.15, 0.2) is 47.4 Å². The topological polar surface area (TPSA) is 64.6 Å². The minimum Gasteiger partial charge on any atom is -0.496 e. The van der Waals surface area contributed by atoms with Gasteiger partial charge in [-0.25, -0.2) is 13.1 Å². The highest BCUT2D eigenvalue weighted by atomic mass is 32.2. The van der Waals surface area contributed by atoms with Crippen LogP contribution >= 0.6 is 0 Å². The Labute approximate surface area is 143 Å². The average Bonchev–Trinajstić information content (AvgIpc) is 2.60. The fraction of sp³-hybridized carbons (Fsp3) is 0.333. The summed E-state index contributed by atoms with van der Waals surface area (Å²) < 4.78 is 38.5. The summed E-state index contributed by atoms with van der Waals surface area (Å²) in [6.45, 7) is 4.55. The van der Waals surface area contributed by atoms with Crippen molar-refractivity contribution in [2.24, 2.45) is 0 Å². The van der Waals surface area contributed by atoms with Gasteiger partial charge in [0.05, 0.1) is 18.6 Å². The van der Waals surface area contributed by atoms with Gasteiger partial charge in [-0.15, -0.1) is 0 Å². The maximum absolute atomic E-state index is 12.5. The van der Waals surface area contributed by atoms with Crippen LogP contribution in [-0.4, -0.2) is 22.1 Å². The van der Waals surface area contributed by atoms with Crippen molar-refractivity contribution in [2.75, 3.05) is 13.7 Å². The van der Waals surface area contributed by atoms with Crippen molar-refractivity contribution in [1.29, 1.82) is 0 Å². The SMILES string of the molecule is CCOc1ccccc1CNS(=O)(=O)c1ccc(OC)c(CC)c1. The monoisotopic (exact) mass is 349 g/mol. The summed E-state index contributed by atoms with van der Waals surface area (Å²) in [5, 5.41) is 0. The Morgan fingerprint density at radius 1 is 1.00 bits per heavy atom. The van der Waals surface area contributed by atoms with E-state index in [0.29, 0.717) is 24.5 Å². The second-order valence-electron chi connectivity index (χ2n) is 5.19. The molecule has 0 bridgehead atoms. The highest BCUT2D eigenvalue weighted by molar-refractivity contribution is 7.89. The van der Waals surface area contributed by atoms with Crippen LogP contribution in [0, 0.1) is 0 Å². The molecular formula is C18H23NO4S. The van der Waals surface area contributed by atoms with Gasteiger partial charge in [0, 0.05) is 12.1 Å². The highest BCUT2D eigenvalue weighted by Gasteiger charge is 2.16. The molecule has 6 heteroatoms. The lowest BCUT2D eigenvalue weighted by atomic mass is 10.1. The van der Waals surface area contributed by atoms with Crippen LogP contribution in [-0.2, 0) is 23.0 Å². The van der Waals surface area contributed by atoms with Crippen LogP contribution in [0.4, 0.5) is 0 Å². The zero-order valence-electron chi connectivity index (χ0n) is 14.2. The second kappa shape index (κ2) is 8.17. The molecule has 0 unspecified atom stereocenters. The first-order valence-corrected chi connectivity index (χ1v) is 9.37. The Morgan fingerprint density at radius 2 is 1.75 bits per heavy atom. The number of benzene rings is 2. The summed E-state index contributed by atoms with van der Waals surface area (Å²) in [6, 6.07) is 12.3. The van der Waals surface area contributed by atoms with Gasteiger partial charge >= 0.3 is 0 Å². The molecule has 0 aromatic heterocycles. The normalized spacial score (nSPS) is 11.3. The van der Waals surface area contributed by atoms with E-state index in [0.717, 1.165) is 11.1 Å². The lowest BCUT2D eigenvalue weighted by Gasteiger charge is -2.13. The molecule has 0 saturated carbocycles. The van der Waals surface area contributed by atoms with Crippen molar-refractivity contribution in [3.63, 3.8) is 0 Å². The predicted molar refractivity (Wildman–Crippen MR) is 94.0 cm³/mol. The van der Waals surface area contributed by atoms with Crippen LogP contribution in [0.3, 0.4) is 0 Å². The maximum Gasteiger partial charge on any atom is 0.240 e. The molecule has 0 radical (unpaired) electrons. The summed E-state index contributed by atoms with van der Waals surface area (Å²) >= 11 is 0. The molecule has 24 heavy (non-hydrogen) atoms. The summed E-state index contributed by atoms with van der Waals surface area (Å²) in [4.78, 5) is 0.231. The molecule has 2 aromatic carbocycles. The number of ether oxygens (including phenoxy) is 2. The van der Waals surface area contributed by atoms with Gasteiger partial charge in [0.25, 0.3) is 0 Å². The lowest BCUT2D eigenvalue weighted by molar-refractivity contribution is 0.336. The number of para-hydroxylation sites is 1. The molecule has 0 aliphatic carbocycles. The molecule has 0 atom stereocenters. The fourth-order valence-electron chi connectivity index (χ4n) is 2.40. The summed E-state index contributed by atoms with van der Waals surface area (Å²) in [6.07, 6.45) is 0.694. The molecular weight excluding hydrogens is 326 g/mol. The molecule has 0 aliphatic heterocycles. The van der Waals surface area contributed by atoms with E-state index in [9.17, 15) is 8.42 Å². The van der Waals surface area contributed by atoms with E-state index >= 15 is 0 Å². The Balaban J connectivity index is 2.20. The molecule has 0 fully saturated rings. The number of rotatable bonds is 8. The summed E-state index contributed by atoms with van der Waals surface area (Å²) in [7, 11) is -2.03. The second-order valence-corrected chi connectivity index (χ2v) is 6.96. The Bertz CT molecular complexity index is 787. The smallest absolute Gasteiger partial charge is 0.240 e. The molecule has 1 N–H and O–H groups in total. The average molecular weight is 349 g/mol. The van der Waals surface area contributed by atoms with Gasteiger partial charge in [0.1, 0.15) is 11.5 Å². The predicted octanol–water partition coefficient (Wildman–Crippen LogP) is 3.13. The molecule has 0 saturated heterocycles. The lowest BCUT2D eigenvalue weighted by Crippen LogP contribution is -2.23. The van der Waals surface area contributed by atoms with Gasteiger partial charge in [-0.1, -0.05) is 25.1 Å². The third-order valence-corrected chi connectivity index (χ3v) is 5.07. The van der Waals surface area contributed by atoms with Crippen LogP contribution < -0.4 is 14.2 Å². The highest BCUT2D eigenvalue weighted by Crippen LogP contribution is 2.23. The molecule has 2 rings (SSSR count). The van der Waals surface area contributed by atoms with Gasteiger partial charge in [0.15, 0.2) is 0 Å². The van der Waals surface area contributed by atoms with E-state index in [1.807, 2.05) is 38.1 Å².